The molecular weight excluding hydrogens is 338 g/mol. The van der Waals surface area contributed by atoms with E-state index in [1.807, 2.05) is 54.6 Å². The summed E-state index contributed by atoms with van der Waals surface area (Å²) in [6.45, 7) is 1.52. The van der Waals surface area contributed by atoms with Gasteiger partial charge in [-0.2, -0.15) is 0 Å². The van der Waals surface area contributed by atoms with Gasteiger partial charge in [0.1, 0.15) is 5.75 Å². The van der Waals surface area contributed by atoms with Gasteiger partial charge in [-0.25, -0.2) is 0 Å². The summed E-state index contributed by atoms with van der Waals surface area (Å²) < 4.78 is 11.0. The molecule has 0 aliphatic carbocycles. The van der Waals surface area contributed by atoms with Crippen molar-refractivity contribution in [3.63, 3.8) is 0 Å². The Balaban J connectivity index is 1.56. The molecule has 4 nitrogen and oxygen atoms in total. The maximum Gasteiger partial charge on any atom is 0.251 e. The second-order valence-corrected chi connectivity index (χ2v) is 6.16. The molecule has 0 aromatic heterocycles. The fraction of sp³-hybridized carbons (Fsp3) is 0.174. The van der Waals surface area contributed by atoms with Gasteiger partial charge in [-0.15, -0.1) is 0 Å². The summed E-state index contributed by atoms with van der Waals surface area (Å²) in [5, 5.41) is 2.97. The summed E-state index contributed by atoms with van der Waals surface area (Å²) in [5.74, 6) is 0.616. The molecule has 3 aromatic rings. The van der Waals surface area contributed by atoms with Crippen molar-refractivity contribution in [2.45, 2.75) is 19.8 Å². The highest BCUT2D eigenvalue weighted by molar-refractivity contribution is 5.94. The van der Waals surface area contributed by atoms with Gasteiger partial charge in [-0.05, 0) is 41.0 Å². The largest absolute Gasteiger partial charge is 0.497 e. The van der Waals surface area contributed by atoms with Crippen LogP contribution in [0, 0.1) is 0 Å². The number of methoxy groups -OCH3 is 1. The molecule has 0 atom stereocenters. The van der Waals surface area contributed by atoms with Crippen molar-refractivity contribution in [3.8, 4) is 5.75 Å². The summed E-state index contributed by atoms with van der Waals surface area (Å²) in [6.07, 6.45) is 0. The van der Waals surface area contributed by atoms with E-state index in [1.54, 1.807) is 31.4 Å². The van der Waals surface area contributed by atoms with Crippen molar-refractivity contribution < 1.29 is 14.3 Å². The predicted molar refractivity (Wildman–Crippen MR) is 106 cm³/mol. The minimum Gasteiger partial charge on any atom is -0.497 e. The smallest absolute Gasteiger partial charge is 0.251 e. The summed E-state index contributed by atoms with van der Waals surface area (Å²) in [7, 11) is 1.60. The molecule has 4 heteroatoms. The Morgan fingerprint density at radius 2 is 1.48 bits per heavy atom. The molecule has 3 rings (SSSR count). The van der Waals surface area contributed by atoms with Gasteiger partial charge in [-0.3, -0.25) is 4.79 Å². The van der Waals surface area contributed by atoms with Gasteiger partial charge in [0.25, 0.3) is 5.91 Å². The average Bonchev–Trinajstić information content (AvgIpc) is 2.73. The van der Waals surface area contributed by atoms with Crippen LogP contribution in [0.2, 0.25) is 0 Å². The first kappa shape index (κ1) is 18.7. The fourth-order valence-corrected chi connectivity index (χ4v) is 2.74. The number of carbonyl (C=O) groups is 1. The summed E-state index contributed by atoms with van der Waals surface area (Å²) in [6, 6.07) is 25.1. The third-order valence-corrected chi connectivity index (χ3v) is 4.28. The molecule has 0 bridgehead atoms. The number of hydrogen-bond acceptors (Lipinski definition) is 3. The SMILES string of the molecule is COc1ccc(C(=O)NCc2ccccc2COCc2ccccc2)cc1. The van der Waals surface area contributed by atoms with Crippen LogP contribution in [0.4, 0.5) is 0 Å². The molecule has 0 aliphatic heterocycles. The molecule has 1 amide bonds. The van der Waals surface area contributed by atoms with Crippen LogP contribution in [-0.2, 0) is 24.5 Å². The maximum atomic E-state index is 12.3. The molecule has 0 heterocycles. The van der Waals surface area contributed by atoms with Gasteiger partial charge < -0.3 is 14.8 Å². The average molecular weight is 361 g/mol. The highest BCUT2D eigenvalue weighted by Crippen LogP contribution is 2.14. The predicted octanol–water partition coefficient (Wildman–Crippen LogP) is 4.34. The number of carbonyl (C=O) groups excluding carboxylic acids is 1. The van der Waals surface area contributed by atoms with Crippen molar-refractivity contribution >= 4 is 5.91 Å². The Hall–Kier alpha value is -3.11. The Morgan fingerprint density at radius 1 is 0.815 bits per heavy atom. The number of hydrogen-bond donors (Lipinski definition) is 1. The van der Waals surface area contributed by atoms with E-state index < -0.39 is 0 Å². The number of nitrogens with one attached hydrogen (secondary N) is 1. The lowest BCUT2D eigenvalue weighted by molar-refractivity contribution is 0.0947. The molecule has 0 aliphatic rings. The summed E-state index contributed by atoms with van der Waals surface area (Å²) >= 11 is 0. The third-order valence-electron chi connectivity index (χ3n) is 4.28. The highest BCUT2D eigenvalue weighted by Gasteiger charge is 2.08. The van der Waals surface area contributed by atoms with Gasteiger partial charge in [-0.1, -0.05) is 54.6 Å². The molecular formula is C23H23NO3. The minimum atomic E-state index is -0.113. The van der Waals surface area contributed by atoms with E-state index in [0.29, 0.717) is 25.3 Å². The van der Waals surface area contributed by atoms with Crippen LogP contribution in [0.25, 0.3) is 0 Å². The van der Waals surface area contributed by atoms with Gasteiger partial charge in [0, 0.05) is 12.1 Å². The van der Waals surface area contributed by atoms with E-state index in [-0.39, 0.29) is 5.91 Å². The molecule has 0 fully saturated rings. The monoisotopic (exact) mass is 361 g/mol. The Kier molecular flexibility index (Phi) is 6.61. The van der Waals surface area contributed by atoms with Crippen molar-refractivity contribution in [2.24, 2.45) is 0 Å². The van der Waals surface area contributed by atoms with E-state index in [9.17, 15) is 4.79 Å². The summed E-state index contributed by atoms with van der Waals surface area (Å²) in [5.41, 5.74) is 3.87. The highest BCUT2D eigenvalue weighted by atomic mass is 16.5. The van der Waals surface area contributed by atoms with Crippen LogP contribution >= 0.6 is 0 Å². The standard InChI is InChI=1S/C23H23NO3/c1-26-22-13-11-19(12-14-22)23(25)24-15-20-9-5-6-10-21(20)17-27-16-18-7-3-2-4-8-18/h2-14H,15-17H2,1H3,(H,24,25). The van der Waals surface area contributed by atoms with Crippen LogP contribution in [0.1, 0.15) is 27.0 Å². The van der Waals surface area contributed by atoms with Crippen LogP contribution in [0.15, 0.2) is 78.9 Å². The van der Waals surface area contributed by atoms with Gasteiger partial charge >= 0.3 is 0 Å². The van der Waals surface area contributed by atoms with Gasteiger partial charge in [0.15, 0.2) is 0 Å². The fourth-order valence-electron chi connectivity index (χ4n) is 2.74. The Bertz CT molecular complexity index is 860. The van der Waals surface area contributed by atoms with E-state index in [2.05, 4.69) is 5.32 Å². The van der Waals surface area contributed by atoms with Crippen LogP contribution in [0.3, 0.4) is 0 Å². The number of benzene rings is 3. The zero-order chi connectivity index (χ0) is 18.9. The van der Waals surface area contributed by atoms with Crippen molar-refractivity contribution in [1.82, 2.24) is 5.32 Å². The molecule has 0 spiro atoms. The lowest BCUT2D eigenvalue weighted by Gasteiger charge is -2.12. The second-order valence-electron chi connectivity index (χ2n) is 6.16. The van der Waals surface area contributed by atoms with Gasteiger partial charge in [0.2, 0.25) is 0 Å². The summed E-state index contributed by atoms with van der Waals surface area (Å²) in [4.78, 5) is 12.3. The molecule has 0 saturated heterocycles. The van der Waals surface area contributed by atoms with E-state index in [1.165, 1.54) is 0 Å². The van der Waals surface area contributed by atoms with Crippen molar-refractivity contribution in [1.29, 1.82) is 0 Å². The zero-order valence-corrected chi connectivity index (χ0v) is 15.4. The lowest BCUT2D eigenvalue weighted by atomic mass is 10.1. The number of rotatable bonds is 8. The molecule has 0 saturated carbocycles. The minimum absolute atomic E-state index is 0.113. The molecule has 27 heavy (non-hydrogen) atoms. The lowest BCUT2D eigenvalue weighted by Crippen LogP contribution is -2.23. The van der Waals surface area contributed by atoms with Crippen LogP contribution < -0.4 is 10.1 Å². The quantitative estimate of drug-likeness (QED) is 0.649. The molecule has 1 N–H and O–H groups in total. The second kappa shape index (κ2) is 9.55. The Labute approximate surface area is 159 Å². The maximum absolute atomic E-state index is 12.3. The van der Waals surface area contributed by atoms with Gasteiger partial charge in [0.05, 0.1) is 20.3 Å². The third kappa shape index (κ3) is 5.43. The first-order valence-corrected chi connectivity index (χ1v) is 8.87. The van der Waals surface area contributed by atoms with Crippen molar-refractivity contribution in [2.75, 3.05) is 7.11 Å². The normalized spacial score (nSPS) is 10.4. The number of ether oxygens (including phenoxy) is 2. The first-order valence-electron chi connectivity index (χ1n) is 8.87. The van der Waals surface area contributed by atoms with E-state index in [0.717, 1.165) is 22.4 Å². The molecule has 0 radical (unpaired) electrons. The zero-order valence-electron chi connectivity index (χ0n) is 15.4. The van der Waals surface area contributed by atoms with E-state index in [4.69, 9.17) is 9.47 Å². The molecule has 138 valence electrons. The molecule has 3 aromatic carbocycles. The first-order chi connectivity index (χ1) is 13.3. The Morgan fingerprint density at radius 3 is 2.19 bits per heavy atom. The van der Waals surface area contributed by atoms with Crippen LogP contribution in [-0.4, -0.2) is 13.0 Å². The number of amides is 1. The van der Waals surface area contributed by atoms with Crippen molar-refractivity contribution in [3.05, 3.63) is 101 Å². The molecule has 0 unspecified atom stereocenters. The van der Waals surface area contributed by atoms with E-state index >= 15 is 0 Å². The topological polar surface area (TPSA) is 47.6 Å². The van der Waals surface area contributed by atoms with Crippen LogP contribution in [0.5, 0.6) is 5.75 Å².